The standard InChI is InChI=1S/C24H20FN7/c25-20-12-30(13-21(20)27)19-5-6-22-18(7-19)11-31-10-17(16-3-1-15(9-26)2-4-16)8-23(31)24-29-28-14-32(22)24/h1-8,10,14,20-21H,11-13,27H2/t20-,21+/m0/s1. The maximum atomic E-state index is 14.0. The summed E-state index contributed by atoms with van der Waals surface area (Å²) in [6, 6.07) is 17.5. The zero-order chi connectivity index (χ0) is 21.8. The number of fused-ring (bicyclic) bond motifs is 5. The minimum atomic E-state index is -1.01. The zero-order valence-corrected chi connectivity index (χ0v) is 17.2. The molecule has 2 aliphatic rings. The molecule has 0 aliphatic carbocycles. The molecule has 2 aromatic carbocycles. The lowest BCUT2D eigenvalue weighted by Crippen LogP contribution is -2.30. The number of nitriles is 1. The van der Waals surface area contributed by atoms with Gasteiger partial charge in [0.15, 0.2) is 5.82 Å². The molecule has 4 heterocycles. The smallest absolute Gasteiger partial charge is 0.185 e. The van der Waals surface area contributed by atoms with Crippen molar-refractivity contribution in [2.75, 3.05) is 18.0 Å². The molecule has 0 radical (unpaired) electrons. The van der Waals surface area contributed by atoms with Crippen LogP contribution >= 0.6 is 0 Å². The van der Waals surface area contributed by atoms with E-state index in [0.717, 1.165) is 39.6 Å². The average molecular weight is 425 g/mol. The van der Waals surface area contributed by atoms with Crippen LogP contribution in [-0.4, -0.2) is 44.6 Å². The summed E-state index contributed by atoms with van der Waals surface area (Å²) in [6.45, 7) is 1.47. The van der Waals surface area contributed by atoms with Gasteiger partial charge in [-0.05, 0) is 47.5 Å². The predicted octanol–water partition coefficient (Wildman–Crippen LogP) is 3.12. The number of rotatable bonds is 2. The number of hydrogen-bond acceptors (Lipinski definition) is 5. The van der Waals surface area contributed by atoms with Gasteiger partial charge in [-0.15, -0.1) is 10.2 Å². The molecule has 2 atom stereocenters. The van der Waals surface area contributed by atoms with Gasteiger partial charge in [-0.1, -0.05) is 12.1 Å². The van der Waals surface area contributed by atoms with Crippen molar-refractivity contribution in [3.8, 4) is 34.4 Å². The van der Waals surface area contributed by atoms with Crippen LogP contribution in [0, 0.1) is 11.3 Å². The van der Waals surface area contributed by atoms with E-state index in [1.54, 1.807) is 6.33 Å². The number of anilines is 1. The number of hydrogen-bond donors (Lipinski definition) is 1. The Morgan fingerprint density at radius 3 is 2.66 bits per heavy atom. The molecular formula is C24H20FN7. The molecule has 0 amide bonds. The molecule has 0 saturated carbocycles. The number of nitrogens with two attached hydrogens (primary N) is 1. The summed E-state index contributed by atoms with van der Waals surface area (Å²) in [6.07, 6.45) is 2.81. The topological polar surface area (TPSA) is 88.7 Å². The third-order valence-electron chi connectivity index (χ3n) is 6.34. The van der Waals surface area contributed by atoms with Gasteiger partial charge >= 0.3 is 0 Å². The van der Waals surface area contributed by atoms with Crippen molar-refractivity contribution in [3.05, 3.63) is 72.2 Å². The Kier molecular flexibility index (Phi) is 4.13. The summed E-state index contributed by atoms with van der Waals surface area (Å²) < 4.78 is 18.2. The third kappa shape index (κ3) is 2.90. The van der Waals surface area contributed by atoms with Crippen molar-refractivity contribution in [1.82, 2.24) is 19.3 Å². The first-order valence-corrected chi connectivity index (χ1v) is 10.5. The van der Waals surface area contributed by atoms with Crippen LogP contribution in [-0.2, 0) is 6.54 Å². The van der Waals surface area contributed by atoms with Crippen molar-refractivity contribution < 1.29 is 4.39 Å². The molecule has 2 aliphatic heterocycles. The van der Waals surface area contributed by atoms with E-state index in [4.69, 9.17) is 11.0 Å². The van der Waals surface area contributed by atoms with Crippen LogP contribution in [0.3, 0.4) is 0 Å². The Bertz CT molecular complexity index is 1350. The molecule has 32 heavy (non-hydrogen) atoms. The molecule has 1 fully saturated rings. The van der Waals surface area contributed by atoms with E-state index in [0.29, 0.717) is 25.2 Å². The number of alkyl halides is 1. The molecular weight excluding hydrogens is 405 g/mol. The molecule has 8 heteroatoms. The Balaban J connectivity index is 1.43. The normalized spacial score (nSPS) is 19.1. The van der Waals surface area contributed by atoms with Gasteiger partial charge in [-0.25, -0.2) is 4.39 Å². The van der Waals surface area contributed by atoms with Crippen molar-refractivity contribution in [2.45, 2.75) is 18.8 Å². The maximum Gasteiger partial charge on any atom is 0.185 e. The van der Waals surface area contributed by atoms with Gasteiger partial charge in [-0.3, -0.25) is 4.57 Å². The average Bonchev–Trinajstić information content (AvgIpc) is 3.51. The highest BCUT2D eigenvalue weighted by molar-refractivity contribution is 5.72. The van der Waals surface area contributed by atoms with Crippen LogP contribution < -0.4 is 10.6 Å². The Morgan fingerprint density at radius 2 is 1.91 bits per heavy atom. The van der Waals surface area contributed by atoms with E-state index >= 15 is 0 Å². The first-order valence-electron chi connectivity index (χ1n) is 10.5. The van der Waals surface area contributed by atoms with Crippen LogP contribution in [0.5, 0.6) is 0 Å². The van der Waals surface area contributed by atoms with E-state index in [1.807, 2.05) is 45.9 Å². The summed E-state index contributed by atoms with van der Waals surface area (Å²) in [4.78, 5) is 2.01. The summed E-state index contributed by atoms with van der Waals surface area (Å²) in [5.74, 6) is 0.767. The molecule has 1 saturated heterocycles. The fourth-order valence-corrected chi connectivity index (χ4v) is 4.62. The largest absolute Gasteiger partial charge is 0.367 e. The van der Waals surface area contributed by atoms with Crippen LogP contribution in [0.2, 0.25) is 0 Å². The van der Waals surface area contributed by atoms with Crippen LogP contribution in [0.15, 0.2) is 61.1 Å². The SMILES string of the molecule is N#Cc1ccc(-c2cc3n(c2)Cc2cc(N4C[C@@H](N)[C@@H](F)C4)ccc2-n2cnnc2-3)cc1. The Morgan fingerprint density at radius 1 is 1.06 bits per heavy atom. The van der Waals surface area contributed by atoms with Crippen molar-refractivity contribution >= 4 is 5.69 Å². The monoisotopic (exact) mass is 425 g/mol. The molecule has 158 valence electrons. The molecule has 6 rings (SSSR count). The van der Waals surface area contributed by atoms with Gasteiger partial charge in [-0.2, -0.15) is 5.26 Å². The van der Waals surface area contributed by atoms with Gasteiger partial charge in [0, 0.05) is 30.5 Å². The minimum absolute atomic E-state index is 0.315. The lowest BCUT2D eigenvalue weighted by atomic mass is 10.1. The van der Waals surface area contributed by atoms with Crippen molar-refractivity contribution in [3.63, 3.8) is 0 Å². The summed E-state index contributed by atoms with van der Waals surface area (Å²) in [7, 11) is 0. The van der Waals surface area contributed by atoms with Gasteiger partial charge in [0.05, 0.1) is 35.6 Å². The molecule has 2 aromatic heterocycles. The van der Waals surface area contributed by atoms with Crippen LogP contribution in [0.4, 0.5) is 10.1 Å². The zero-order valence-electron chi connectivity index (χ0n) is 17.2. The van der Waals surface area contributed by atoms with Crippen molar-refractivity contribution in [1.29, 1.82) is 5.26 Å². The van der Waals surface area contributed by atoms with E-state index < -0.39 is 12.2 Å². The number of nitrogens with zero attached hydrogens (tertiary/aromatic N) is 6. The molecule has 7 nitrogen and oxygen atoms in total. The fraction of sp³-hybridized carbons (Fsp3) is 0.208. The summed E-state index contributed by atoms with van der Waals surface area (Å²) >= 11 is 0. The predicted molar refractivity (Wildman–Crippen MR) is 119 cm³/mol. The minimum Gasteiger partial charge on any atom is -0.367 e. The third-order valence-corrected chi connectivity index (χ3v) is 6.34. The fourth-order valence-electron chi connectivity index (χ4n) is 4.62. The van der Waals surface area contributed by atoms with Crippen LogP contribution in [0.25, 0.3) is 28.3 Å². The second-order valence-electron chi connectivity index (χ2n) is 8.35. The molecule has 0 bridgehead atoms. The van der Waals surface area contributed by atoms with Gasteiger partial charge in [0.1, 0.15) is 12.5 Å². The van der Waals surface area contributed by atoms with Gasteiger partial charge < -0.3 is 15.2 Å². The van der Waals surface area contributed by atoms with Gasteiger partial charge in [0.25, 0.3) is 0 Å². The first kappa shape index (κ1) is 18.8. The van der Waals surface area contributed by atoms with E-state index in [2.05, 4.69) is 39.2 Å². The Labute approximate surface area is 184 Å². The van der Waals surface area contributed by atoms with E-state index in [9.17, 15) is 4.39 Å². The van der Waals surface area contributed by atoms with Crippen molar-refractivity contribution in [2.24, 2.45) is 5.73 Å². The maximum absolute atomic E-state index is 14.0. The van der Waals surface area contributed by atoms with E-state index in [1.165, 1.54) is 0 Å². The number of benzene rings is 2. The lowest BCUT2D eigenvalue weighted by Gasteiger charge is -2.20. The summed E-state index contributed by atoms with van der Waals surface area (Å²) in [5, 5.41) is 17.6. The van der Waals surface area contributed by atoms with Gasteiger partial charge in [0.2, 0.25) is 0 Å². The molecule has 0 spiro atoms. The number of aromatic nitrogens is 4. The molecule has 0 unspecified atom stereocenters. The summed E-state index contributed by atoms with van der Waals surface area (Å²) in [5.41, 5.74) is 12.7. The first-order chi connectivity index (χ1) is 15.6. The Hall–Kier alpha value is -3.96. The molecule has 4 aromatic rings. The quantitative estimate of drug-likeness (QED) is 0.469. The highest BCUT2D eigenvalue weighted by atomic mass is 19.1. The molecule has 2 N–H and O–H groups in total. The highest BCUT2D eigenvalue weighted by Gasteiger charge is 2.31. The second kappa shape index (κ2) is 7.04. The lowest BCUT2D eigenvalue weighted by molar-refractivity contribution is 0.333. The number of halogens is 1. The highest BCUT2D eigenvalue weighted by Crippen LogP contribution is 2.35. The van der Waals surface area contributed by atoms with E-state index in [-0.39, 0.29) is 0 Å². The second-order valence-corrected chi connectivity index (χ2v) is 8.35. The van der Waals surface area contributed by atoms with Crippen LogP contribution in [0.1, 0.15) is 11.1 Å².